The molecular weight excluding hydrogens is 583 g/mol. The van der Waals surface area contributed by atoms with Crippen molar-refractivity contribution in [3.05, 3.63) is 156 Å². The molecule has 0 aliphatic heterocycles. The molecule has 0 N–H and O–H groups in total. The highest BCUT2D eigenvalue weighted by molar-refractivity contribution is 5.98. The van der Waals surface area contributed by atoms with Crippen molar-refractivity contribution in [2.75, 3.05) is 0 Å². The number of rotatable bonds is 4. The summed E-state index contributed by atoms with van der Waals surface area (Å²) in [7, 11) is 0. The van der Waals surface area contributed by atoms with Gasteiger partial charge in [-0.3, -0.25) is 0 Å². The third-order valence-corrected chi connectivity index (χ3v) is 10.5. The number of nitriles is 1. The number of aromatic nitrogens is 2. The molecule has 0 atom stereocenters. The Morgan fingerprint density at radius 3 is 2.06 bits per heavy atom. The number of fused-ring (bicyclic) bond motifs is 6. The largest absolute Gasteiger partial charge is 0.228 e. The predicted octanol–water partition coefficient (Wildman–Crippen LogP) is 11.4. The Bertz CT molecular complexity index is 2390. The van der Waals surface area contributed by atoms with Gasteiger partial charge in [0.15, 0.2) is 5.82 Å². The van der Waals surface area contributed by atoms with Crippen molar-refractivity contribution in [1.29, 1.82) is 5.26 Å². The molecule has 0 bridgehead atoms. The minimum Gasteiger partial charge on any atom is -0.228 e. The Kier molecular flexibility index (Phi) is 6.76. The van der Waals surface area contributed by atoms with Crippen LogP contribution in [0.2, 0.25) is 0 Å². The average molecular weight is 616 g/mol. The molecule has 3 nitrogen and oxygen atoms in total. The Balaban J connectivity index is 1.29. The zero-order valence-corrected chi connectivity index (χ0v) is 26.7. The third kappa shape index (κ3) is 4.48. The maximum absolute atomic E-state index is 9.87. The second-order valence-electron chi connectivity index (χ2n) is 13.1. The van der Waals surface area contributed by atoms with Crippen LogP contribution in [0.15, 0.2) is 140 Å². The molecule has 1 heterocycles. The Morgan fingerprint density at radius 1 is 0.521 bits per heavy atom. The number of benzene rings is 6. The highest BCUT2D eigenvalue weighted by atomic mass is 14.9. The third-order valence-electron chi connectivity index (χ3n) is 10.5. The summed E-state index contributed by atoms with van der Waals surface area (Å²) in [6.07, 6.45) is 5.91. The van der Waals surface area contributed by atoms with Crippen LogP contribution in [-0.4, -0.2) is 9.97 Å². The van der Waals surface area contributed by atoms with Crippen LogP contribution >= 0.6 is 0 Å². The second kappa shape index (κ2) is 11.4. The van der Waals surface area contributed by atoms with Gasteiger partial charge >= 0.3 is 0 Å². The fraction of sp³-hybridized carbons (Fsp3) is 0.133. The fourth-order valence-corrected chi connectivity index (χ4v) is 8.36. The molecule has 0 unspecified atom stereocenters. The van der Waals surface area contributed by atoms with Crippen LogP contribution in [0.25, 0.3) is 66.9 Å². The molecule has 1 saturated carbocycles. The lowest BCUT2D eigenvalue weighted by Gasteiger charge is -2.36. The van der Waals surface area contributed by atoms with Crippen LogP contribution < -0.4 is 0 Å². The normalized spacial score (nSPS) is 14.4. The molecule has 2 aliphatic rings. The van der Waals surface area contributed by atoms with Gasteiger partial charge in [-0.2, -0.15) is 5.26 Å². The first-order valence-electron chi connectivity index (χ1n) is 16.9. The maximum Gasteiger partial charge on any atom is 0.161 e. The first-order chi connectivity index (χ1) is 23.7. The van der Waals surface area contributed by atoms with Gasteiger partial charge in [0.2, 0.25) is 0 Å². The lowest BCUT2D eigenvalue weighted by atomic mass is 9.67. The van der Waals surface area contributed by atoms with Gasteiger partial charge in [-0.25, -0.2) is 9.97 Å². The van der Waals surface area contributed by atoms with E-state index in [2.05, 4.69) is 133 Å². The number of nitrogens with zero attached hydrogens (tertiary/aromatic N) is 3. The monoisotopic (exact) mass is 615 g/mol. The summed E-state index contributed by atoms with van der Waals surface area (Å²) < 4.78 is 0. The molecule has 6 aromatic carbocycles. The van der Waals surface area contributed by atoms with Crippen LogP contribution in [0.5, 0.6) is 0 Å². The van der Waals surface area contributed by atoms with Crippen LogP contribution in [0, 0.1) is 11.3 Å². The van der Waals surface area contributed by atoms with Gasteiger partial charge in [0.05, 0.1) is 23.0 Å². The van der Waals surface area contributed by atoms with Gasteiger partial charge in [0, 0.05) is 22.1 Å². The predicted molar refractivity (Wildman–Crippen MR) is 195 cm³/mol. The molecule has 48 heavy (non-hydrogen) atoms. The van der Waals surface area contributed by atoms with Crippen molar-refractivity contribution in [1.82, 2.24) is 9.97 Å². The fourth-order valence-electron chi connectivity index (χ4n) is 8.36. The summed E-state index contributed by atoms with van der Waals surface area (Å²) in [6, 6.07) is 51.6. The summed E-state index contributed by atoms with van der Waals surface area (Å²) in [5.74, 6) is 0.715. The van der Waals surface area contributed by atoms with Crippen molar-refractivity contribution in [3.8, 4) is 62.2 Å². The van der Waals surface area contributed by atoms with E-state index in [1.807, 2.05) is 12.1 Å². The van der Waals surface area contributed by atoms with Crippen molar-refractivity contribution in [3.63, 3.8) is 0 Å². The zero-order valence-electron chi connectivity index (χ0n) is 26.7. The van der Waals surface area contributed by atoms with E-state index < -0.39 is 0 Å². The van der Waals surface area contributed by atoms with Gasteiger partial charge < -0.3 is 0 Å². The van der Waals surface area contributed by atoms with Crippen molar-refractivity contribution in [2.24, 2.45) is 0 Å². The molecule has 1 aromatic heterocycles. The van der Waals surface area contributed by atoms with Gasteiger partial charge in [-0.15, -0.1) is 0 Å². The quantitative estimate of drug-likeness (QED) is 0.198. The van der Waals surface area contributed by atoms with E-state index in [1.165, 1.54) is 52.5 Å². The minimum absolute atomic E-state index is 0.0440. The van der Waals surface area contributed by atoms with E-state index in [0.29, 0.717) is 5.82 Å². The second-order valence-corrected chi connectivity index (χ2v) is 13.1. The lowest BCUT2D eigenvalue weighted by molar-refractivity contribution is 0.353. The van der Waals surface area contributed by atoms with Gasteiger partial charge in [-0.05, 0) is 75.2 Å². The minimum atomic E-state index is -0.0440. The van der Waals surface area contributed by atoms with Gasteiger partial charge in [-0.1, -0.05) is 141 Å². The molecule has 1 spiro atoms. The molecule has 228 valence electrons. The Hall–Kier alpha value is -5.85. The molecular formula is C45H33N3. The topological polar surface area (TPSA) is 49.6 Å². The van der Waals surface area contributed by atoms with E-state index in [9.17, 15) is 5.26 Å². The molecule has 0 amide bonds. The first-order valence-corrected chi connectivity index (χ1v) is 16.9. The number of hydrogen-bond donors (Lipinski definition) is 0. The maximum atomic E-state index is 9.87. The molecule has 2 aliphatic carbocycles. The van der Waals surface area contributed by atoms with Gasteiger partial charge in [0.25, 0.3) is 0 Å². The Labute approximate surface area is 281 Å². The van der Waals surface area contributed by atoms with E-state index in [0.717, 1.165) is 57.4 Å². The van der Waals surface area contributed by atoms with Crippen molar-refractivity contribution < 1.29 is 0 Å². The average Bonchev–Trinajstić information content (AvgIpc) is 3.43. The van der Waals surface area contributed by atoms with Crippen molar-refractivity contribution >= 4 is 10.8 Å². The van der Waals surface area contributed by atoms with E-state index in [4.69, 9.17) is 9.97 Å². The van der Waals surface area contributed by atoms with Crippen LogP contribution in [0.1, 0.15) is 48.8 Å². The van der Waals surface area contributed by atoms with E-state index >= 15 is 0 Å². The summed E-state index contributed by atoms with van der Waals surface area (Å²) in [5.41, 5.74) is 13.3. The van der Waals surface area contributed by atoms with E-state index in [1.54, 1.807) is 0 Å². The lowest BCUT2D eigenvalue weighted by Crippen LogP contribution is -2.28. The summed E-state index contributed by atoms with van der Waals surface area (Å²) >= 11 is 0. The summed E-state index contributed by atoms with van der Waals surface area (Å²) in [6.45, 7) is 0. The van der Waals surface area contributed by atoms with Crippen LogP contribution in [0.3, 0.4) is 0 Å². The molecule has 9 rings (SSSR count). The van der Waals surface area contributed by atoms with Crippen molar-refractivity contribution in [2.45, 2.75) is 37.5 Å². The van der Waals surface area contributed by atoms with Crippen LogP contribution in [0.4, 0.5) is 0 Å². The van der Waals surface area contributed by atoms with E-state index in [-0.39, 0.29) is 5.41 Å². The Morgan fingerprint density at radius 2 is 1.21 bits per heavy atom. The molecule has 3 heteroatoms. The summed E-state index contributed by atoms with van der Waals surface area (Å²) in [4.78, 5) is 10.5. The van der Waals surface area contributed by atoms with Crippen LogP contribution in [-0.2, 0) is 5.41 Å². The molecule has 7 aromatic rings. The zero-order chi connectivity index (χ0) is 32.1. The smallest absolute Gasteiger partial charge is 0.161 e. The highest BCUT2D eigenvalue weighted by Crippen LogP contribution is 2.58. The molecule has 0 saturated heterocycles. The first kappa shape index (κ1) is 28.4. The SMILES string of the molecule is N#Cc1ccc2c(c1)C1(CCCCC1)c1cccc(-c3ccccc3-c3cc(-c4ccccc4)nc(-c4cccc5ccccc45)n3)c1-2. The van der Waals surface area contributed by atoms with Gasteiger partial charge in [0.1, 0.15) is 0 Å². The summed E-state index contributed by atoms with van der Waals surface area (Å²) in [5, 5.41) is 12.2. The molecule has 0 radical (unpaired) electrons. The number of hydrogen-bond acceptors (Lipinski definition) is 3. The standard InChI is InChI=1S/C45H33N3/c46-29-30-23-24-38-40(27-30)45(25-9-2-10-26-45)39-22-12-20-36(43(38)39)34-18-7-8-19-35(34)42-28-41(32-14-3-1-4-15-32)47-44(48-42)37-21-11-16-31-13-5-6-17-33(31)37/h1,3-8,11-24,27-28H,2,9-10,25-26H2. The highest BCUT2D eigenvalue weighted by Gasteiger charge is 2.44. The molecule has 1 fully saturated rings.